The van der Waals surface area contributed by atoms with Gasteiger partial charge in [0.25, 0.3) is 5.91 Å². The van der Waals surface area contributed by atoms with Crippen LogP contribution in [0, 0.1) is 18.8 Å². The summed E-state index contributed by atoms with van der Waals surface area (Å²) in [5, 5.41) is 2.98. The van der Waals surface area contributed by atoms with E-state index < -0.39 is 0 Å². The van der Waals surface area contributed by atoms with Gasteiger partial charge in [-0.1, -0.05) is 13.8 Å². The van der Waals surface area contributed by atoms with Crippen molar-refractivity contribution in [1.82, 2.24) is 14.8 Å². The maximum Gasteiger partial charge on any atom is 0.268 e. The van der Waals surface area contributed by atoms with Crippen molar-refractivity contribution in [3.05, 3.63) is 33.7 Å². The van der Waals surface area contributed by atoms with Crippen LogP contribution >= 0.6 is 0 Å². The Balaban J connectivity index is 1.90. The van der Waals surface area contributed by atoms with E-state index in [1.165, 1.54) is 12.1 Å². The molecule has 1 atom stereocenters. The van der Waals surface area contributed by atoms with Gasteiger partial charge in [0.1, 0.15) is 5.69 Å². The number of amides is 1. The molecule has 0 bridgehead atoms. The summed E-state index contributed by atoms with van der Waals surface area (Å²) in [7, 11) is 1.81. The van der Waals surface area contributed by atoms with Crippen molar-refractivity contribution >= 4 is 5.91 Å². The molecular formula is C17H27N3O2. The molecule has 5 heteroatoms. The van der Waals surface area contributed by atoms with Crippen LogP contribution < -0.4 is 10.7 Å². The van der Waals surface area contributed by atoms with Gasteiger partial charge >= 0.3 is 0 Å². The average Bonchev–Trinajstić information content (AvgIpc) is 2.86. The second-order valence-corrected chi connectivity index (χ2v) is 6.79. The molecule has 1 aliphatic heterocycles. The van der Waals surface area contributed by atoms with Gasteiger partial charge in [0.15, 0.2) is 5.43 Å². The second kappa shape index (κ2) is 7.09. The van der Waals surface area contributed by atoms with Crippen molar-refractivity contribution in [3.8, 4) is 0 Å². The number of nitrogens with zero attached hydrogens (tertiary/aromatic N) is 2. The van der Waals surface area contributed by atoms with Crippen LogP contribution in [0.25, 0.3) is 0 Å². The fourth-order valence-electron chi connectivity index (χ4n) is 3.07. The third-order valence-electron chi connectivity index (χ3n) is 4.30. The maximum atomic E-state index is 12.3. The number of carbonyl (C=O) groups is 1. The number of likely N-dealkylation sites (tertiary alicyclic amines) is 1. The van der Waals surface area contributed by atoms with Gasteiger partial charge < -0.3 is 14.8 Å². The van der Waals surface area contributed by atoms with Gasteiger partial charge in [-0.15, -0.1) is 0 Å². The summed E-state index contributed by atoms with van der Waals surface area (Å²) < 4.78 is 1.76. The zero-order valence-corrected chi connectivity index (χ0v) is 14.1. The molecule has 1 aliphatic rings. The molecule has 0 radical (unpaired) electrons. The Morgan fingerprint density at radius 1 is 1.41 bits per heavy atom. The van der Waals surface area contributed by atoms with Gasteiger partial charge in [-0.2, -0.15) is 0 Å². The average molecular weight is 305 g/mol. The molecule has 2 heterocycles. The predicted molar refractivity (Wildman–Crippen MR) is 88.1 cm³/mol. The fourth-order valence-corrected chi connectivity index (χ4v) is 3.07. The highest BCUT2D eigenvalue weighted by atomic mass is 16.2. The first-order valence-corrected chi connectivity index (χ1v) is 8.05. The van der Waals surface area contributed by atoms with Crippen LogP contribution in [0.1, 0.15) is 36.5 Å². The number of aromatic nitrogens is 1. The highest BCUT2D eigenvalue weighted by Crippen LogP contribution is 2.16. The molecule has 1 saturated heterocycles. The Labute approximate surface area is 132 Å². The summed E-state index contributed by atoms with van der Waals surface area (Å²) in [5.74, 6) is 1.02. The van der Waals surface area contributed by atoms with E-state index in [1.807, 2.05) is 14.0 Å². The van der Waals surface area contributed by atoms with Gasteiger partial charge in [-0.05, 0) is 31.7 Å². The number of rotatable bonds is 5. The Bertz CT molecular complexity index is 592. The standard InChI is InChI=1S/C17H27N3O2/c1-12(2)10-20-6-5-14(11-20)9-18-17(22)16-8-15(21)7-13(3)19(16)4/h7-8,12,14H,5-6,9-11H2,1-4H3,(H,18,22). The predicted octanol–water partition coefficient (Wildman–Crippen LogP) is 1.40. The second-order valence-electron chi connectivity index (χ2n) is 6.79. The highest BCUT2D eigenvalue weighted by Gasteiger charge is 2.23. The highest BCUT2D eigenvalue weighted by molar-refractivity contribution is 5.92. The number of hydrogen-bond acceptors (Lipinski definition) is 3. The zero-order valence-electron chi connectivity index (χ0n) is 14.1. The Morgan fingerprint density at radius 3 is 2.82 bits per heavy atom. The summed E-state index contributed by atoms with van der Waals surface area (Å²) in [6, 6.07) is 2.94. The van der Waals surface area contributed by atoms with Gasteiger partial charge in [0, 0.05) is 44.5 Å². The molecule has 2 rings (SSSR count). The van der Waals surface area contributed by atoms with Crippen LogP contribution in [0.5, 0.6) is 0 Å². The molecule has 1 fully saturated rings. The van der Waals surface area contributed by atoms with E-state index in [9.17, 15) is 9.59 Å². The van der Waals surface area contributed by atoms with Gasteiger partial charge in [0.2, 0.25) is 0 Å². The first-order valence-electron chi connectivity index (χ1n) is 8.05. The van der Waals surface area contributed by atoms with E-state index in [4.69, 9.17) is 0 Å². The van der Waals surface area contributed by atoms with Crippen LogP contribution in [0.2, 0.25) is 0 Å². The van der Waals surface area contributed by atoms with E-state index in [0.717, 1.165) is 31.7 Å². The minimum atomic E-state index is -0.161. The zero-order chi connectivity index (χ0) is 16.3. The molecule has 0 spiro atoms. The van der Waals surface area contributed by atoms with E-state index >= 15 is 0 Å². The minimum Gasteiger partial charge on any atom is -0.350 e. The number of pyridine rings is 1. The van der Waals surface area contributed by atoms with Crippen LogP contribution in [0.4, 0.5) is 0 Å². The molecule has 1 N–H and O–H groups in total. The molecular weight excluding hydrogens is 278 g/mol. The fraction of sp³-hybridized carbons (Fsp3) is 0.647. The van der Waals surface area contributed by atoms with Gasteiger partial charge in [-0.3, -0.25) is 9.59 Å². The SMILES string of the molecule is Cc1cc(=O)cc(C(=O)NCC2CCN(CC(C)C)C2)n1C. The Morgan fingerprint density at radius 2 is 2.14 bits per heavy atom. The van der Waals surface area contributed by atoms with E-state index in [0.29, 0.717) is 24.1 Å². The minimum absolute atomic E-state index is 0.121. The van der Waals surface area contributed by atoms with Crippen LogP contribution in [-0.4, -0.2) is 41.6 Å². The third-order valence-corrected chi connectivity index (χ3v) is 4.30. The topological polar surface area (TPSA) is 54.3 Å². The first-order chi connectivity index (χ1) is 10.4. The lowest BCUT2D eigenvalue weighted by Gasteiger charge is -2.18. The summed E-state index contributed by atoms with van der Waals surface area (Å²) >= 11 is 0. The molecule has 1 amide bonds. The lowest BCUT2D eigenvalue weighted by molar-refractivity contribution is 0.0937. The number of aryl methyl sites for hydroxylation is 1. The van der Waals surface area contributed by atoms with Crippen molar-refractivity contribution in [2.24, 2.45) is 18.9 Å². The molecule has 0 aliphatic carbocycles. The van der Waals surface area contributed by atoms with E-state index in [-0.39, 0.29) is 11.3 Å². The normalized spacial score (nSPS) is 18.9. The lowest BCUT2D eigenvalue weighted by atomic mass is 10.1. The molecule has 1 aromatic heterocycles. The van der Waals surface area contributed by atoms with Gasteiger partial charge in [0.05, 0.1) is 0 Å². The first kappa shape index (κ1) is 16.7. The quantitative estimate of drug-likeness (QED) is 0.895. The van der Waals surface area contributed by atoms with Crippen LogP contribution in [0.3, 0.4) is 0 Å². The lowest BCUT2D eigenvalue weighted by Crippen LogP contribution is -2.34. The number of hydrogen-bond donors (Lipinski definition) is 1. The summed E-state index contributed by atoms with van der Waals surface area (Å²) in [4.78, 5) is 26.3. The molecule has 122 valence electrons. The van der Waals surface area contributed by atoms with E-state index in [1.54, 1.807) is 4.57 Å². The molecule has 0 saturated carbocycles. The summed E-state index contributed by atoms with van der Waals surface area (Å²) in [5.41, 5.74) is 1.10. The molecule has 0 aromatic carbocycles. The molecule has 5 nitrogen and oxygen atoms in total. The monoisotopic (exact) mass is 305 g/mol. The largest absolute Gasteiger partial charge is 0.350 e. The number of carbonyl (C=O) groups excluding carboxylic acids is 1. The molecule has 22 heavy (non-hydrogen) atoms. The van der Waals surface area contributed by atoms with Crippen molar-refractivity contribution in [2.45, 2.75) is 27.2 Å². The maximum absolute atomic E-state index is 12.3. The van der Waals surface area contributed by atoms with Crippen molar-refractivity contribution in [3.63, 3.8) is 0 Å². The Kier molecular flexibility index (Phi) is 5.40. The smallest absolute Gasteiger partial charge is 0.268 e. The van der Waals surface area contributed by atoms with Crippen LogP contribution in [-0.2, 0) is 7.05 Å². The molecule has 1 aromatic rings. The van der Waals surface area contributed by atoms with Crippen molar-refractivity contribution < 1.29 is 4.79 Å². The van der Waals surface area contributed by atoms with Crippen molar-refractivity contribution in [2.75, 3.05) is 26.2 Å². The Hall–Kier alpha value is -1.62. The molecule has 1 unspecified atom stereocenters. The van der Waals surface area contributed by atoms with Crippen LogP contribution in [0.15, 0.2) is 16.9 Å². The summed E-state index contributed by atoms with van der Waals surface area (Å²) in [6.45, 7) is 10.2. The van der Waals surface area contributed by atoms with E-state index in [2.05, 4.69) is 24.1 Å². The third kappa shape index (κ3) is 4.19. The summed E-state index contributed by atoms with van der Waals surface area (Å²) in [6.07, 6.45) is 1.12. The number of nitrogens with one attached hydrogen (secondary N) is 1. The van der Waals surface area contributed by atoms with Gasteiger partial charge in [-0.25, -0.2) is 0 Å². The van der Waals surface area contributed by atoms with Crippen molar-refractivity contribution in [1.29, 1.82) is 0 Å².